The average Bonchev–Trinajstić information content (AvgIpc) is 2.26. The van der Waals surface area contributed by atoms with E-state index in [0.29, 0.717) is 13.0 Å². The van der Waals surface area contributed by atoms with Gasteiger partial charge in [-0.3, -0.25) is 0 Å². The molecule has 1 atom stereocenters. The number of carboxylic acids is 1. The summed E-state index contributed by atoms with van der Waals surface area (Å²) in [6, 6.07) is 7.85. The van der Waals surface area contributed by atoms with E-state index >= 15 is 0 Å². The number of hydrogen-bond acceptors (Lipinski definition) is 2. The molecule has 1 rings (SSSR count). The first-order valence-electron chi connectivity index (χ1n) is 5.53. The number of carboxylic acid groups (broad SMARTS) is 1. The highest BCUT2D eigenvalue weighted by molar-refractivity contribution is 5.72. The second-order valence-electron chi connectivity index (χ2n) is 3.89. The normalized spacial score (nSPS) is 12.4. The van der Waals surface area contributed by atoms with Crippen LogP contribution in [0.5, 0.6) is 0 Å². The lowest BCUT2D eigenvalue weighted by atomic mass is 10.1. The van der Waals surface area contributed by atoms with Crippen LogP contribution in [0.15, 0.2) is 24.3 Å². The van der Waals surface area contributed by atoms with Crippen molar-refractivity contribution in [3.63, 3.8) is 0 Å². The second kappa shape index (κ2) is 6.28. The zero-order valence-corrected chi connectivity index (χ0v) is 9.77. The zero-order chi connectivity index (χ0) is 12.0. The summed E-state index contributed by atoms with van der Waals surface area (Å²) in [4.78, 5) is 11.0. The second-order valence-corrected chi connectivity index (χ2v) is 3.89. The number of aliphatic carboxylic acids is 1. The monoisotopic (exact) mass is 222 g/mol. The predicted octanol–water partition coefficient (Wildman–Crippen LogP) is 2.42. The molecule has 0 unspecified atom stereocenters. The molecule has 88 valence electrons. The van der Waals surface area contributed by atoms with Crippen molar-refractivity contribution in [2.45, 2.75) is 32.8 Å². The van der Waals surface area contributed by atoms with Crippen LogP contribution in [-0.2, 0) is 16.0 Å². The number of rotatable bonds is 6. The van der Waals surface area contributed by atoms with E-state index in [0.717, 1.165) is 12.0 Å². The van der Waals surface area contributed by atoms with Crippen molar-refractivity contribution < 1.29 is 14.6 Å². The van der Waals surface area contributed by atoms with Gasteiger partial charge in [0.05, 0.1) is 0 Å². The van der Waals surface area contributed by atoms with Gasteiger partial charge in [0.1, 0.15) is 0 Å². The van der Waals surface area contributed by atoms with Crippen molar-refractivity contribution in [2.75, 3.05) is 6.61 Å². The van der Waals surface area contributed by atoms with E-state index in [1.807, 2.05) is 38.1 Å². The minimum atomic E-state index is -0.894. The summed E-state index contributed by atoms with van der Waals surface area (Å²) in [6.07, 6.45) is 0.524. The smallest absolute Gasteiger partial charge is 0.333 e. The van der Waals surface area contributed by atoms with Gasteiger partial charge in [-0.25, -0.2) is 4.79 Å². The average molecular weight is 222 g/mol. The summed E-state index contributed by atoms with van der Waals surface area (Å²) >= 11 is 0. The molecule has 0 aliphatic rings. The first-order valence-corrected chi connectivity index (χ1v) is 5.53. The number of carbonyl (C=O) groups is 1. The van der Waals surface area contributed by atoms with Gasteiger partial charge in [0.2, 0.25) is 0 Å². The molecule has 0 aliphatic carbocycles. The van der Waals surface area contributed by atoms with Crippen LogP contribution in [-0.4, -0.2) is 23.8 Å². The molecular weight excluding hydrogens is 204 g/mol. The number of aryl methyl sites for hydroxylation is 1. The molecule has 1 aromatic rings. The van der Waals surface area contributed by atoms with E-state index in [1.54, 1.807) is 0 Å². The highest BCUT2D eigenvalue weighted by atomic mass is 16.5. The fraction of sp³-hybridized carbons (Fsp3) is 0.462. The van der Waals surface area contributed by atoms with Crippen molar-refractivity contribution in [2.24, 2.45) is 0 Å². The van der Waals surface area contributed by atoms with Gasteiger partial charge in [0, 0.05) is 13.0 Å². The molecule has 1 N–H and O–H groups in total. The molecule has 0 saturated heterocycles. The van der Waals surface area contributed by atoms with Gasteiger partial charge in [-0.15, -0.1) is 0 Å². The molecule has 0 spiro atoms. The van der Waals surface area contributed by atoms with Gasteiger partial charge < -0.3 is 9.84 Å². The number of ether oxygens (including phenoxy) is 1. The Balaban J connectivity index is 2.60. The molecule has 0 amide bonds. The number of benzene rings is 1. The molecule has 0 saturated carbocycles. The van der Waals surface area contributed by atoms with Crippen molar-refractivity contribution in [3.05, 3.63) is 35.4 Å². The standard InChI is InChI=1S/C13H18O3/c1-3-8-16-12(13(14)15)9-11-6-4-10(2)5-7-11/h4-7,12H,3,8-9H2,1-2H3,(H,14,15)/t12-/m0/s1. The van der Waals surface area contributed by atoms with E-state index < -0.39 is 12.1 Å². The summed E-state index contributed by atoms with van der Waals surface area (Å²) < 4.78 is 5.29. The van der Waals surface area contributed by atoms with Crippen molar-refractivity contribution in [1.29, 1.82) is 0 Å². The molecule has 3 nitrogen and oxygen atoms in total. The summed E-state index contributed by atoms with van der Waals surface area (Å²) in [5.41, 5.74) is 2.17. The molecule has 0 aromatic heterocycles. The Kier molecular flexibility index (Phi) is 4.99. The Morgan fingerprint density at radius 2 is 2.00 bits per heavy atom. The zero-order valence-electron chi connectivity index (χ0n) is 9.77. The molecule has 0 bridgehead atoms. The maximum absolute atomic E-state index is 11.0. The van der Waals surface area contributed by atoms with Crippen LogP contribution in [0.2, 0.25) is 0 Å². The molecule has 3 heteroatoms. The van der Waals surface area contributed by atoms with Crippen LogP contribution in [0.4, 0.5) is 0 Å². The van der Waals surface area contributed by atoms with Crippen LogP contribution in [0.1, 0.15) is 24.5 Å². The van der Waals surface area contributed by atoms with Gasteiger partial charge in [-0.2, -0.15) is 0 Å². The van der Waals surface area contributed by atoms with Crippen LogP contribution in [0, 0.1) is 6.92 Å². The Labute approximate surface area is 96.1 Å². The summed E-state index contributed by atoms with van der Waals surface area (Å²) in [5, 5.41) is 8.99. The van der Waals surface area contributed by atoms with Crippen molar-refractivity contribution in [1.82, 2.24) is 0 Å². The molecule has 0 aliphatic heterocycles. The quantitative estimate of drug-likeness (QED) is 0.804. The lowest BCUT2D eigenvalue weighted by Gasteiger charge is -2.13. The third-order valence-electron chi connectivity index (χ3n) is 2.34. The van der Waals surface area contributed by atoms with Crippen molar-refractivity contribution >= 4 is 5.97 Å². The fourth-order valence-electron chi connectivity index (χ4n) is 1.42. The lowest BCUT2D eigenvalue weighted by molar-refractivity contribution is -0.150. The van der Waals surface area contributed by atoms with Gasteiger partial charge in [0.25, 0.3) is 0 Å². The minimum Gasteiger partial charge on any atom is -0.479 e. The van der Waals surface area contributed by atoms with Crippen LogP contribution in [0.25, 0.3) is 0 Å². The van der Waals surface area contributed by atoms with E-state index in [2.05, 4.69) is 0 Å². The minimum absolute atomic E-state index is 0.426. The predicted molar refractivity (Wildman–Crippen MR) is 62.5 cm³/mol. The van der Waals surface area contributed by atoms with E-state index in [9.17, 15) is 4.79 Å². The summed E-state index contributed by atoms with van der Waals surface area (Å²) in [5.74, 6) is -0.894. The SMILES string of the molecule is CCCO[C@@H](Cc1ccc(C)cc1)C(=O)O. The molecule has 1 aromatic carbocycles. The largest absolute Gasteiger partial charge is 0.479 e. The van der Waals surface area contributed by atoms with E-state index in [-0.39, 0.29) is 0 Å². The maximum Gasteiger partial charge on any atom is 0.333 e. The molecule has 0 heterocycles. The first kappa shape index (κ1) is 12.7. The topological polar surface area (TPSA) is 46.5 Å². The van der Waals surface area contributed by atoms with Crippen molar-refractivity contribution in [3.8, 4) is 0 Å². The third kappa shape index (κ3) is 4.03. The van der Waals surface area contributed by atoms with E-state index in [1.165, 1.54) is 5.56 Å². The first-order chi connectivity index (χ1) is 7.63. The lowest BCUT2D eigenvalue weighted by Crippen LogP contribution is -2.26. The fourth-order valence-corrected chi connectivity index (χ4v) is 1.42. The van der Waals surface area contributed by atoms with Crippen LogP contribution >= 0.6 is 0 Å². The van der Waals surface area contributed by atoms with Crippen LogP contribution in [0.3, 0.4) is 0 Å². The molecule has 0 fully saturated rings. The molecular formula is C13H18O3. The van der Waals surface area contributed by atoms with Crippen LogP contribution < -0.4 is 0 Å². The third-order valence-corrected chi connectivity index (χ3v) is 2.34. The summed E-state index contributed by atoms with van der Waals surface area (Å²) in [6.45, 7) is 4.46. The molecule has 16 heavy (non-hydrogen) atoms. The number of hydrogen-bond donors (Lipinski definition) is 1. The van der Waals surface area contributed by atoms with Gasteiger partial charge in [-0.1, -0.05) is 36.8 Å². The maximum atomic E-state index is 11.0. The Hall–Kier alpha value is -1.35. The Bertz CT molecular complexity index is 330. The van der Waals surface area contributed by atoms with Gasteiger partial charge in [0.15, 0.2) is 6.10 Å². The molecule has 0 radical (unpaired) electrons. The van der Waals surface area contributed by atoms with Gasteiger partial charge >= 0.3 is 5.97 Å². The Morgan fingerprint density at radius 3 is 2.50 bits per heavy atom. The Morgan fingerprint density at radius 1 is 1.38 bits per heavy atom. The van der Waals surface area contributed by atoms with E-state index in [4.69, 9.17) is 9.84 Å². The summed E-state index contributed by atoms with van der Waals surface area (Å²) in [7, 11) is 0. The highest BCUT2D eigenvalue weighted by Gasteiger charge is 2.17. The van der Waals surface area contributed by atoms with Gasteiger partial charge in [-0.05, 0) is 18.9 Å². The highest BCUT2D eigenvalue weighted by Crippen LogP contribution is 2.08.